The quantitative estimate of drug-likeness (QED) is 0.0849. The number of aryl methyl sites for hydroxylation is 6. The normalized spacial score (nSPS) is 17.2. The molecule has 0 spiro atoms. The predicted molar refractivity (Wildman–Crippen MR) is 226 cm³/mol. The summed E-state index contributed by atoms with van der Waals surface area (Å²) in [6.45, 7) is 7.27. The molecule has 0 bridgehead atoms. The van der Waals surface area contributed by atoms with Gasteiger partial charge in [-0.1, -0.05) is 141 Å². The van der Waals surface area contributed by atoms with Crippen molar-refractivity contribution in [3.8, 4) is 0 Å². The highest BCUT2D eigenvalue weighted by molar-refractivity contribution is 5.42. The molecule has 5 unspecified atom stereocenters. The molecule has 0 radical (unpaired) electrons. The van der Waals surface area contributed by atoms with Crippen molar-refractivity contribution in [2.45, 2.75) is 134 Å². The van der Waals surface area contributed by atoms with Crippen molar-refractivity contribution < 1.29 is 0 Å². The lowest BCUT2D eigenvalue weighted by Crippen LogP contribution is -2.14. The summed E-state index contributed by atoms with van der Waals surface area (Å²) in [4.78, 5) is 0. The van der Waals surface area contributed by atoms with Crippen LogP contribution in [-0.2, 0) is 38.5 Å². The monoisotopic (exact) mass is 696 g/mol. The molecule has 0 N–H and O–H groups in total. The van der Waals surface area contributed by atoms with Crippen LogP contribution in [0.4, 0.5) is 0 Å². The van der Waals surface area contributed by atoms with E-state index in [-0.39, 0.29) is 0 Å². The molecule has 5 atom stereocenters. The van der Waals surface area contributed by atoms with Crippen molar-refractivity contribution in [3.05, 3.63) is 188 Å². The van der Waals surface area contributed by atoms with Crippen molar-refractivity contribution in [2.75, 3.05) is 0 Å². The lowest BCUT2D eigenvalue weighted by atomic mass is 9.75. The van der Waals surface area contributed by atoms with Crippen molar-refractivity contribution in [2.24, 2.45) is 0 Å². The van der Waals surface area contributed by atoms with Crippen LogP contribution >= 0.6 is 0 Å². The molecule has 3 aliphatic carbocycles. The molecule has 0 saturated heterocycles. The van der Waals surface area contributed by atoms with Crippen LogP contribution in [0.1, 0.15) is 157 Å². The van der Waals surface area contributed by atoms with Gasteiger partial charge in [-0.25, -0.2) is 0 Å². The number of allylic oxidation sites excluding steroid dienone is 2. The third kappa shape index (κ3) is 8.33. The first-order valence-corrected chi connectivity index (χ1v) is 21.1. The molecule has 0 saturated carbocycles. The molecule has 0 nitrogen and oxygen atoms in total. The van der Waals surface area contributed by atoms with Crippen LogP contribution in [0, 0.1) is 0 Å². The van der Waals surface area contributed by atoms with Crippen LogP contribution in [0.2, 0.25) is 0 Å². The Kier molecular flexibility index (Phi) is 11.1. The molecular formula is C53H60. The summed E-state index contributed by atoms with van der Waals surface area (Å²) in [5, 5.41) is 0. The van der Waals surface area contributed by atoms with Crippen molar-refractivity contribution in [1.29, 1.82) is 0 Å². The van der Waals surface area contributed by atoms with Gasteiger partial charge >= 0.3 is 0 Å². The van der Waals surface area contributed by atoms with Crippen molar-refractivity contribution >= 4 is 0 Å². The molecule has 3 aliphatic rings. The van der Waals surface area contributed by atoms with Gasteiger partial charge in [0.25, 0.3) is 0 Å². The maximum absolute atomic E-state index is 2.61. The van der Waals surface area contributed by atoms with Gasteiger partial charge in [-0.05, 0) is 181 Å². The molecule has 0 aliphatic heterocycles. The van der Waals surface area contributed by atoms with E-state index in [1.165, 1.54) is 87.3 Å². The zero-order chi connectivity index (χ0) is 36.1. The Morgan fingerprint density at radius 2 is 0.962 bits per heavy atom. The maximum Gasteiger partial charge on any atom is -0.0119 e. The molecule has 0 heterocycles. The highest BCUT2D eigenvalue weighted by Gasteiger charge is 2.26. The Labute approximate surface area is 320 Å². The van der Waals surface area contributed by atoms with Gasteiger partial charge in [0.2, 0.25) is 0 Å². The summed E-state index contributed by atoms with van der Waals surface area (Å²) in [6.07, 6.45) is 18.4. The largest absolute Gasteiger partial charge is 0.0856 e. The zero-order valence-corrected chi connectivity index (χ0v) is 32.6. The van der Waals surface area contributed by atoms with Crippen LogP contribution in [0.3, 0.4) is 0 Å². The number of hydrogen-bond acceptors (Lipinski definition) is 0. The standard InChI is InChI=1S/C53H60/c1-4-39(47-25-19-43-21-27-49(43)34-47)32-52(40-13-7-5-8-14-40)30-37(2)12-11-17-46(51-29-23-44-22-28-50(44)35-51)36-53(41-15-9-6-10-16-41)31-38(3)45-24-18-42-20-26-48(42)33-45/h5-10,12-16,18-19,23-25,29,33-35,38-39,46,52-53H,4,11,17,20-22,26-28,30-32,36H2,1-3H3. The third-order valence-electron chi connectivity index (χ3n) is 13.6. The lowest BCUT2D eigenvalue weighted by molar-refractivity contribution is 0.459. The average molecular weight is 697 g/mol. The maximum atomic E-state index is 2.61. The molecule has 53 heavy (non-hydrogen) atoms. The molecule has 0 aromatic heterocycles. The van der Waals surface area contributed by atoms with E-state index in [1.807, 2.05) is 0 Å². The third-order valence-corrected chi connectivity index (χ3v) is 13.6. The highest BCUT2D eigenvalue weighted by Crippen LogP contribution is 2.42. The SMILES string of the molecule is CCC(CC(CC(C)=CCCC(CC(CC(C)c1ccc2c(c1)CC2)c1ccccc1)c1ccc2c(c1)CC2)c1ccccc1)c1ccc2c(c1)CC2. The predicted octanol–water partition coefficient (Wildman–Crippen LogP) is 13.9. The van der Waals surface area contributed by atoms with Gasteiger partial charge in [-0.3, -0.25) is 0 Å². The first-order chi connectivity index (χ1) is 26.0. The molecule has 5 aromatic rings. The number of benzene rings is 5. The van der Waals surface area contributed by atoms with Crippen molar-refractivity contribution in [1.82, 2.24) is 0 Å². The summed E-state index contributed by atoms with van der Waals surface area (Å²) in [5.41, 5.74) is 18.7. The van der Waals surface area contributed by atoms with Gasteiger partial charge in [-0.15, -0.1) is 0 Å². The lowest BCUT2D eigenvalue weighted by Gasteiger charge is -2.29. The van der Waals surface area contributed by atoms with Gasteiger partial charge in [0.15, 0.2) is 0 Å². The second kappa shape index (κ2) is 16.5. The van der Waals surface area contributed by atoms with E-state index in [2.05, 4.69) is 142 Å². The van der Waals surface area contributed by atoms with Crippen LogP contribution in [0.25, 0.3) is 0 Å². The van der Waals surface area contributed by atoms with Gasteiger partial charge in [0.05, 0.1) is 0 Å². The van der Waals surface area contributed by atoms with Gasteiger partial charge < -0.3 is 0 Å². The van der Waals surface area contributed by atoms with E-state index in [9.17, 15) is 0 Å². The Hall–Kier alpha value is -4.16. The molecule has 0 heteroatoms. The Morgan fingerprint density at radius 1 is 0.491 bits per heavy atom. The first kappa shape index (κ1) is 35.8. The van der Waals surface area contributed by atoms with E-state index >= 15 is 0 Å². The van der Waals surface area contributed by atoms with Crippen molar-refractivity contribution in [3.63, 3.8) is 0 Å². The van der Waals surface area contributed by atoms with E-state index < -0.39 is 0 Å². The van der Waals surface area contributed by atoms with Crippen LogP contribution in [-0.4, -0.2) is 0 Å². The second-order valence-electron chi connectivity index (χ2n) is 17.0. The fraction of sp³-hybridized carbons (Fsp3) is 0.396. The summed E-state index contributed by atoms with van der Waals surface area (Å²) in [7, 11) is 0. The average Bonchev–Trinajstić information content (AvgIpc) is 3.15. The van der Waals surface area contributed by atoms with E-state index in [0.717, 1.165) is 12.8 Å². The minimum absolute atomic E-state index is 0.529. The van der Waals surface area contributed by atoms with E-state index in [0.29, 0.717) is 29.6 Å². The molecule has 0 amide bonds. The van der Waals surface area contributed by atoms with Gasteiger partial charge in [0.1, 0.15) is 0 Å². The van der Waals surface area contributed by atoms with Gasteiger partial charge in [-0.2, -0.15) is 0 Å². The van der Waals surface area contributed by atoms with Crippen LogP contribution in [0.15, 0.2) is 127 Å². The summed E-state index contributed by atoms with van der Waals surface area (Å²) in [6, 6.07) is 45.1. The summed E-state index contributed by atoms with van der Waals surface area (Å²) >= 11 is 0. The first-order valence-electron chi connectivity index (χ1n) is 21.1. The second-order valence-corrected chi connectivity index (χ2v) is 17.0. The minimum atomic E-state index is 0.529. The highest BCUT2D eigenvalue weighted by atomic mass is 14.3. The summed E-state index contributed by atoms with van der Waals surface area (Å²) < 4.78 is 0. The Bertz CT molecular complexity index is 2010. The van der Waals surface area contributed by atoms with Crippen LogP contribution < -0.4 is 0 Å². The van der Waals surface area contributed by atoms with E-state index in [1.54, 1.807) is 50.1 Å². The minimum Gasteiger partial charge on any atom is -0.0856 e. The van der Waals surface area contributed by atoms with Gasteiger partial charge in [0, 0.05) is 0 Å². The Balaban J connectivity index is 0.999. The Morgan fingerprint density at radius 3 is 1.47 bits per heavy atom. The van der Waals surface area contributed by atoms with E-state index in [4.69, 9.17) is 0 Å². The number of rotatable bonds is 17. The molecule has 272 valence electrons. The number of fused-ring (bicyclic) bond motifs is 3. The fourth-order valence-corrected chi connectivity index (χ4v) is 9.83. The molecule has 8 rings (SSSR count). The molecular weight excluding hydrogens is 637 g/mol. The fourth-order valence-electron chi connectivity index (χ4n) is 9.83. The zero-order valence-electron chi connectivity index (χ0n) is 32.6. The summed E-state index contributed by atoms with van der Waals surface area (Å²) in [5.74, 6) is 2.75. The molecule has 0 fully saturated rings. The number of hydrogen-bond donors (Lipinski definition) is 0. The van der Waals surface area contributed by atoms with Crippen LogP contribution in [0.5, 0.6) is 0 Å². The smallest absolute Gasteiger partial charge is 0.0119 e. The molecule has 5 aromatic carbocycles. The topological polar surface area (TPSA) is 0 Å².